The Labute approximate surface area is 344 Å². The summed E-state index contributed by atoms with van der Waals surface area (Å²) in [6.45, 7) is 21.5. The molecule has 0 aromatic carbocycles. The van der Waals surface area contributed by atoms with Crippen molar-refractivity contribution in [3.63, 3.8) is 0 Å². The maximum Gasteiger partial charge on any atom is 0.311 e. The number of hydrogen-bond acceptors (Lipinski definition) is 16. The summed E-state index contributed by atoms with van der Waals surface area (Å²) in [6, 6.07) is 0. The van der Waals surface area contributed by atoms with Crippen molar-refractivity contribution in [3.8, 4) is 0 Å². The molecular formula is C42H72O16. The lowest BCUT2D eigenvalue weighted by atomic mass is 9.73. The van der Waals surface area contributed by atoms with Crippen LogP contribution >= 0.6 is 0 Å². The molecule has 0 radical (unpaired) electrons. The van der Waals surface area contributed by atoms with E-state index in [1.807, 2.05) is 13.8 Å². The number of aliphatic hydroxyl groups excluding tert-OH is 3. The summed E-state index contributed by atoms with van der Waals surface area (Å²) in [6.07, 6.45) is -12.4. The predicted octanol–water partition coefficient (Wildman–Crippen LogP) is 3.36. The van der Waals surface area contributed by atoms with Crippen molar-refractivity contribution in [1.29, 1.82) is 0 Å². The number of carbonyl (C=O) groups is 4. The first-order valence-electron chi connectivity index (χ1n) is 20.7. The molecule has 16 heteroatoms. The van der Waals surface area contributed by atoms with Crippen LogP contribution in [0.4, 0.5) is 0 Å². The first-order chi connectivity index (χ1) is 26.9. The Morgan fingerprint density at radius 3 is 1.84 bits per heavy atom. The van der Waals surface area contributed by atoms with Crippen molar-refractivity contribution in [2.45, 2.75) is 188 Å². The van der Waals surface area contributed by atoms with Crippen molar-refractivity contribution >= 4 is 23.7 Å². The molecular weight excluding hydrogens is 760 g/mol. The van der Waals surface area contributed by atoms with Gasteiger partial charge in [0.25, 0.3) is 0 Å². The number of Topliss-reactive ketones (excluding diaryl/α,β-unsaturated/α-hetero) is 1. The quantitative estimate of drug-likeness (QED) is 0.213. The zero-order valence-corrected chi connectivity index (χ0v) is 37.1. The van der Waals surface area contributed by atoms with Gasteiger partial charge in [-0.15, -0.1) is 0 Å². The monoisotopic (exact) mass is 832 g/mol. The van der Waals surface area contributed by atoms with E-state index in [0.29, 0.717) is 0 Å². The van der Waals surface area contributed by atoms with Crippen LogP contribution in [-0.2, 0) is 61.8 Å². The van der Waals surface area contributed by atoms with Gasteiger partial charge < -0.3 is 58.0 Å². The van der Waals surface area contributed by atoms with Gasteiger partial charge in [-0.3, -0.25) is 19.2 Å². The lowest BCUT2D eigenvalue weighted by Crippen LogP contribution is -2.58. The molecule has 3 saturated heterocycles. The summed E-state index contributed by atoms with van der Waals surface area (Å²) in [5, 5.41) is 32.7. The predicted molar refractivity (Wildman–Crippen MR) is 208 cm³/mol. The van der Waals surface area contributed by atoms with Crippen LogP contribution in [0.5, 0.6) is 0 Å². The van der Waals surface area contributed by atoms with E-state index in [9.17, 15) is 34.5 Å². The minimum Gasteiger partial charge on any atom is -0.461 e. The zero-order valence-electron chi connectivity index (χ0n) is 37.1. The summed E-state index contributed by atoms with van der Waals surface area (Å²) >= 11 is 0. The fourth-order valence-corrected chi connectivity index (χ4v) is 9.20. The number of ketones is 1. The lowest BCUT2D eigenvalue weighted by Gasteiger charge is -2.47. The maximum atomic E-state index is 14.7. The summed E-state index contributed by atoms with van der Waals surface area (Å²) < 4.78 is 55.5. The minimum atomic E-state index is -1.47. The van der Waals surface area contributed by atoms with Gasteiger partial charge in [-0.25, -0.2) is 0 Å². The molecule has 58 heavy (non-hydrogen) atoms. The van der Waals surface area contributed by atoms with Crippen LogP contribution in [0, 0.1) is 41.4 Å². The molecule has 3 aliphatic rings. The van der Waals surface area contributed by atoms with Gasteiger partial charge in [0.05, 0.1) is 48.5 Å². The molecule has 0 aliphatic carbocycles. The van der Waals surface area contributed by atoms with E-state index in [0.717, 1.165) is 0 Å². The Bertz CT molecular complexity index is 1380. The highest BCUT2D eigenvalue weighted by Gasteiger charge is 2.52. The van der Waals surface area contributed by atoms with E-state index in [-0.39, 0.29) is 24.5 Å². The van der Waals surface area contributed by atoms with Crippen LogP contribution in [0.1, 0.15) is 103 Å². The van der Waals surface area contributed by atoms with E-state index in [4.69, 9.17) is 42.6 Å². The third-order valence-electron chi connectivity index (χ3n) is 12.8. The van der Waals surface area contributed by atoms with Gasteiger partial charge in [-0.05, 0) is 47.0 Å². The first kappa shape index (κ1) is 50.1. The summed E-state index contributed by atoms with van der Waals surface area (Å²) in [7, 11) is 2.92. The molecule has 21 unspecified atom stereocenters. The van der Waals surface area contributed by atoms with Crippen LogP contribution < -0.4 is 0 Å². The van der Waals surface area contributed by atoms with Crippen LogP contribution in [0.15, 0.2) is 0 Å². The number of rotatable bonds is 10. The van der Waals surface area contributed by atoms with Crippen molar-refractivity contribution in [3.05, 3.63) is 0 Å². The number of esters is 3. The van der Waals surface area contributed by atoms with Gasteiger partial charge in [-0.1, -0.05) is 41.5 Å². The van der Waals surface area contributed by atoms with E-state index in [2.05, 4.69) is 0 Å². The second-order valence-electron chi connectivity index (χ2n) is 17.5. The average Bonchev–Trinajstić information content (AvgIpc) is 3.14. The van der Waals surface area contributed by atoms with Gasteiger partial charge in [0.1, 0.15) is 36.1 Å². The fraction of sp³-hybridized carbons (Fsp3) is 0.905. The van der Waals surface area contributed by atoms with Crippen molar-refractivity contribution in [2.75, 3.05) is 14.2 Å². The Morgan fingerprint density at radius 1 is 0.759 bits per heavy atom. The standard InChI is InChI=1S/C42H72O16/c1-18-17-42(13,51-15)38(48)24(7)34(54-28(11)44)22(5)33(20(3)26(9)43)56-39(49)25(8)35(58-40-31(47)30(46)16-19(2)52-40)21(4)32(18)57-41-37(50-14)23(6)36(27(10)53-41)55-29(12)45/h18-27,30-37,40-41,43,46-47H,16-17H2,1-15H3. The van der Waals surface area contributed by atoms with E-state index in [1.165, 1.54) is 28.1 Å². The third kappa shape index (κ3) is 11.5. The van der Waals surface area contributed by atoms with Crippen LogP contribution in [0.25, 0.3) is 0 Å². The highest BCUT2D eigenvalue weighted by atomic mass is 16.7. The Balaban J connectivity index is 2.28. The van der Waals surface area contributed by atoms with Gasteiger partial charge in [0, 0.05) is 58.2 Å². The van der Waals surface area contributed by atoms with Crippen molar-refractivity contribution < 1.29 is 77.1 Å². The summed E-state index contributed by atoms with van der Waals surface area (Å²) in [5.74, 6) is -7.45. The minimum absolute atomic E-state index is 0.0752. The topological polar surface area (TPSA) is 212 Å². The molecule has 16 nitrogen and oxygen atoms in total. The molecule has 3 rings (SSSR count). The number of methoxy groups -OCH3 is 2. The van der Waals surface area contributed by atoms with Gasteiger partial charge >= 0.3 is 17.9 Å². The molecule has 336 valence electrons. The number of ether oxygens (including phenoxy) is 9. The number of cyclic esters (lactones) is 1. The molecule has 3 fully saturated rings. The van der Waals surface area contributed by atoms with E-state index < -0.39 is 139 Å². The highest BCUT2D eigenvalue weighted by Crippen LogP contribution is 2.41. The van der Waals surface area contributed by atoms with Crippen LogP contribution in [0.3, 0.4) is 0 Å². The Hall–Kier alpha value is -2.28. The van der Waals surface area contributed by atoms with Gasteiger partial charge in [0.15, 0.2) is 18.4 Å². The highest BCUT2D eigenvalue weighted by molar-refractivity contribution is 5.89. The number of carbonyl (C=O) groups excluding carboxylic acids is 4. The zero-order chi connectivity index (χ0) is 44.1. The summed E-state index contributed by atoms with van der Waals surface area (Å²) in [4.78, 5) is 53.8. The third-order valence-corrected chi connectivity index (χ3v) is 12.8. The first-order valence-corrected chi connectivity index (χ1v) is 20.7. The molecule has 3 N–H and O–H groups in total. The number of aliphatic hydroxyl groups is 3. The van der Waals surface area contributed by atoms with E-state index >= 15 is 0 Å². The molecule has 0 bridgehead atoms. The molecule has 3 heterocycles. The molecule has 3 aliphatic heterocycles. The molecule has 0 aromatic rings. The maximum absolute atomic E-state index is 14.7. The van der Waals surface area contributed by atoms with Crippen LogP contribution in [-0.4, -0.2) is 139 Å². The van der Waals surface area contributed by atoms with Crippen LogP contribution in [0.2, 0.25) is 0 Å². The summed E-state index contributed by atoms with van der Waals surface area (Å²) in [5.41, 5.74) is -1.47. The Morgan fingerprint density at radius 2 is 1.31 bits per heavy atom. The van der Waals surface area contributed by atoms with Gasteiger partial charge in [0.2, 0.25) is 0 Å². The molecule has 0 aromatic heterocycles. The fourth-order valence-electron chi connectivity index (χ4n) is 9.20. The number of hydrogen-bond donors (Lipinski definition) is 3. The molecule has 0 amide bonds. The molecule has 0 spiro atoms. The van der Waals surface area contributed by atoms with Crippen molar-refractivity contribution in [2.24, 2.45) is 41.4 Å². The largest absolute Gasteiger partial charge is 0.461 e. The second-order valence-corrected chi connectivity index (χ2v) is 17.5. The normalized spacial score (nSPS) is 44.7. The lowest BCUT2D eigenvalue weighted by molar-refractivity contribution is -0.319. The van der Waals surface area contributed by atoms with Gasteiger partial charge in [-0.2, -0.15) is 0 Å². The SMILES string of the molecule is COC1C(OC2C(C)CC(C)(OC)C(=O)C(C)C(OC(C)=O)C(C)C(C(C)C(C)O)OC(=O)C(C)C(OC3OC(C)CC(O)C3O)C2C)OC(C)C(OC(C)=O)C1C. The average molecular weight is 833 g/mol. The second kappa shape index (κ2) is 21.0. The molecule has 21 atom stereocenters. The van der Waals surface area contributed by atoms with Crippen molar-refractivity contribution in [1.82, 2.24) is 0 Å². The van der Waals surface area contributed by atoms with E-state index in [1.54, 1.807) is 62.3 Å². The molecule has 0 saturated carbocycles. The Kier molecular flexibility index (Phi) is 18.1. The smallest absolute Gasteiger partial charge is 0.311 e.